The van der Waals surface area contributed by atoms with Crippen LogP contribution in [0.25, 0.3) is 11.1 Å². The van der Waals surface area contributed by atoms with E-state index in [2.05, 4.69) is 11.7 Å². The number of ether oxygens (including phenoxy) is 2. The first-order valence-corrected chi connectivity index (χ1v) is 13.1. The van der Waals surface area contributed by atoms with Crippen molar-refractivity contribution in [1.82, 2.24) is 0 Å². The van der Waals surface area contributed by atoms with Gasteiger partial charge in [-0.3, -0.25) is 0 Å². The van der Waals surface area contributed by atoms with E-state index < -0.39 is 46.4 Å². The first-order chi connectivity index (χ1) is 19.1. The number of rotatable bonds is 8. The molecule has 40 heavy (non-hydrogen) atoms. The van der Waals surface area contributed by atoms with Gasteiger partial charge in [-0.25, -0.2) is 13.2 Å². The molecule has 0 saturated heterocycles. The van der Waals surface area contributed by atoms with Crippen molar-refractivity contribution in [2.45, 2.75) is 52.1 Å². The summed E-state index contributed by atoms with van der Waals surface area (Å²) in [5.41, 5.74) is 1.01. The third kappa shape index (κ3) is 5.15. The number of halogens is 6. The summed E-state index contributed by atoms with van der Waals surface area (Å²) in [6, 6.07) is 14.4. The fraction of sp³-hybridized carbons (Fsp3) is 0.250. The molecule has 1 heterocycles. The van der Waals surface area contributed by atoms with Gasteiger partial charge in [0.25, 0.3) is 0 Å². The average Bonchev–Trinajstić information content (AvgIpc) is 2.92. The van der Waals surface area contributed by atoms with Crippen molar-refractivity contribution in [3.63, 3.8) is 0 Å². The summed E-state index contributed by atoms with van der Waals surface area (Å²) in [7, 11) is 0. The normalized spacial score (nSPS) is 12.5. The number of benzene rings is 4. The van der Waals surface area contributed by atoms with Crippen LogP contribution in [0.5, 0.6) is 17.2 Å². The smallest absolute Gasteiger partial charge is 0.429 e. The molecule has 0 aliphatic carbocycles. The second kappa shape index (κ2) is 10.9. The molecule has 0 fully saturated rings. The van der Waals surface area contributed by atoms with E-state index in [1.807, 2.05) is 19.1 Å². The minimum atomic E-state index is -4.34. The fourth-order valence-corrected chi connectivity index (χ4v) is 4.90. The van der Waals surface area contributed by atoms with Crippen molar-refractivity contribution in [3.8, 4) is 28.4 Å². The zero-order valence-electron chi connectivity index (χ0n) is 21.9. The van der Waals surface area contributed by atoms with Crippen LogP contribution in [0.4, 0.5) is 26.3 Å². The summed E-state index contributed by atoms with van der Waals surface area (Å²) in [4.78, 5) is 0. The SMILES string of the molecule is CCCc1ccc(-c2ccc3c(c2F)Oc2c(cc(C(F)(F)Oc4ccc(CCC)c(F)c4)c(F)c2F)C3)cc1. The second-order valence-corrected chi connectivity index (χ2v) is 9.80. The monoisotopic (exact) mass is 556 g/mol. The van der Waals surface area contributed by atoms with Crippen LogP contribution in [0.2, 0.25) is 0 Å². The second-order valence-electron chi connectivity index (χ2n) is 9.80. The van der Waals surface area contributed by atoms with E-state index in [1.54, 1.807) is 18.2 Å². The molecule has 0 N–H and O–H groups in total. The fourth-order valence-electron chi connectivity index (χ4n) is 4.90. The Morgan fingerprint density at radius 1 is 0.750 bits per heavy atom. The van der Waals surface area contributed by atoms with E-state index in [0.717, 1.165) is 36.6 Å². The first-order valence-electron chi connectivity index (χ1n) is 13.1. The summed E-state index contributed by atoms with van der Waals surface area (Å²) >= 11 is 0. The maximum Gasteiger partial charge on any atom is 0.429 e. The minimum absolute atomic E-state index is 0.106. The summed E-state index contributed by atoms with van der Waals surface area (Å²) in [5, 5.41) is 0. The van der Waals surface area contributed by atoms with E-state index in [1.165, 1.54) is 12.1 Å². The Kier molecular flexibility index (Phi) is 7.53. The highest BCUT2D eigenvalue weighted by Gasteiger charge is 2.42. The summed E-state index contributed by atoms with van der Waals surface area (Å²) in [6.07, 6.45) is -1.62. The van der Waals surface area contributed by atoms with Gasteiger partial charge in [0.15, 0.2) is 23.1 Å². The van der Waals surface area contributed by atoms with Crippen LogP contribution in [0, 0.1) is 23.3 Å². The summed E-state index contributed by atoms with van der Waals surface area (Å²) in [6.45, 7) is 3.89. The molecule has 2 nitrogen and oxygen atoms in total. The molecular formula is C32H26F6O2. The molecule has 0 bridgehead atoms. The van der Waals surface area contributed by atoms with E-state index >= 15 is 17.6 Å². The van der Waals surface area contributed by atoms with E-state index in [0.29, 0.717) is 24.0 Å². The Hall–Kier alpha value is -3.94. The minimum Gasteiger partial charge on any atom is -0.450 e. The van der Waals surface area contributed by atoms with Gasteiger partial charge in [-0.2, -0.15) is 13.2 Å². The van der Waals surface area contributed by atoms with Gasteiger partial charge in [-0.05, 0) is 41.7 Å². The van der Waals surface area contributed by atoms with Gasteiger partial charge in [0.2, 0.25) is 5.82 Å². The molecule has 0 saturated carbocycles. The first kappa shape index (κ1) is 27.6. The number of fused-ring (bicyclic) bond motifs is 2. The Bertz CT molecular complexity index is 1560. The van der Waals surface area contributed by atoms with Gasteiger partial charge in [0, 0.05) is 29.2 Å². The van der Waals surface area contributed by atoms with Crippen molar-refractivity contribution in [1.29, 1.82) is 0 Å². The van der Waals surface area contributed by atoms with Gasteiger partial charge in [-0.15, -0.1) is 0 Å². The average molecular weight is 557 g/mol. The Morgan fingerprint density at radius 3 is 2.12 bits per heavy atom. The zero-order valence-corrected chi connectivity index (χ0v) is 21.9. The van der Waals surface area contributed by atoms with Crippen LogP contribution < -0.4 is 9.47 Å². The van der Waals surface area contributed by atoms with E-state index in [-0.39, 0.29) is 28.9 Å². The molecule has 5 rings (SSSR count). The predicted octanol–water partition coefficient (Wildman–Crippen LogP) is 9.64. The predicted molar refractivity (Wildman–Crippen MR) is 140 cm³/mol. The van der Waals surface area contributed by atoms with Crippen molar-refractivity contribution in [3.05, 3.63) is 112 Å². The van der Waals surface area contributed by atoms with Gasteiger partial charge >= 0.3 is 6.11 Å². The lowest BCUT2D eigenvalue weighted by Gasteiger charge is -2.25. The maximum atomic E-state index is 15.5. The maximum absolute atomic E-state index is 15.5. The largest absolute Gasteiger partial charge is 0.450 e. The van der Waals surface area contributed by atoms with Crippen LogP contribution in [0.1, 0.15) is 54.5 Å². The van der Waals surface area contributed by atoms with Crippen molar-refractivity contribution >= 4 is 0 Å². The molecule has 1 aliphatic rings. The molecule has 208 valence electrons. The van der Waals surface area contributed by atoms with Crippen LogP contribution >= 0.6 is 0 Å². The molecule has 0 radical (unpaired) electrons. The molecule has 0 atom stereocenters. The lowest BCUT2D eigenvalue weighted by atomic mass is 9.94. The van der Waals surface area contributed by atoms with E-state index in [4.69, 9.17) is 4.74 Å². The molecule has 0 aromatic heterocycles. The number of aryl methyl sites for hydroxylation is 2. The highest BCUT2D eigenvalue weighted by Crippen LogP contribution is 2.46. The molecule has 8 heteroatoms. The topological polar surface area (TPSA) is 18.5 Å². The highest BCUT2D eigenvalue weighted by molar-refractivity contribution is 5.69. The highest BCUT2D eigenvalue weighted by atomic mass is 19.3. The molecular weight excluding hydrogens is 530 g/mol. The number of alkyl halides is 2. The van der Waals surface area contributed by atoms with Crippen LogP contribution in [-0.4, -0.2) is 0 Å². The van der Waals surface area contributed by atoms with Crippen molar-refractivity contribution in [2.75, 3.05) is 0 Å². The molecule has 4 aromatic carbocycles. The van der Waals surface area contributed by atoms with Gasteiger partial charge in [-0.1, -0.05) is 69.2 Å². The molecule has 0 spiro atoms. The molecule has 1 aliphatic heterocycles. The quantitative estimate of drug-likeness (QED) is 0.177. The zero-order chi connectivity index (χ0) is 28.6. The Labute approximate surface area is 228 Å². The van der Waals surface area contributed by atoms with E-state index in [9.17, 15) is 8.78 Å². The van der Waals surface area contributed by atoms with Crippen molar-refractivity contribution < 1.29 is 35.8 Å². The number of hydrogen-bond acceptors (Lipinski definition) is 2. The molecule has 0 unspecified atom stereocenters. The van der Waals surface area contributed by atoms with Gasteiger partial charge in [0.05, 0.1) is 0 Å². The molecule has 0 amide bonds. The lowest BCUT2D eigenvalue weighted by molar-refractivity contribution is -0.187. The van der Waals surface area contributed by atoms with Gasteiger partial charge in [0.1, 0.15) is 17.1 Å². The third-order valence-electron chi connectivity index (χ3n) is 6.91. The Morgan fingerprint density at radius 2 is 1.45 bits per heavy atom. The van der Waals surface area contributed by atoms with Crippen LogP contribution in [0.15, 0.2) is 60.7 Å². The number of hydrogen-bond donors (Lipinski definition) is 0. The molecule has 4 aromatic rings. The van der Waals surface area contributed by atoms with Crippen molar-refractivity contribution in [2.24, 2.45) is 0 Å². The standard InChI is InChI=1S/C32H26F6O2/c1-3-5-18-7-9-19(10-8-18)24-14-12-21-15-22-16-25(28(35)29(36)31(22)39-30(21)27(24)34)32(37,38)40-23-13-11-20(6-4-2)26(33)17-23/h7-14,16-17H,3-6,15H2,1-2H3. The lowest BCUT2D eigenvalue weighted by Crippen LogP contribution is -2.25. The Balaban J connectivity index is 1.45. The third-order valence-corrected chi connectivity index (χ3v) is 6.91. The summed E-state index contributed by atoms with van der Waals surface area (Å²) < 4.78 is 100. The van der Waals surface area contributed by atoms with Crippen LogP contribution in [-0.2, 0) is 25.4 Å². The van der Waals surface area contributed by atoms with Crippen LogP contribution in [0.3, 0.4) is 0 Å². The summed E-state index contributed by atoms with van der Waals surface area (Å²) in [5.74, 6) is -6.61. The van der Waals surface area contributed by atoms with Gasteiger partial charge < -0.3 is 9.47 Å².